The molecule has 0 heterocycles. The van der Waals surface area contributed by atoms with Crippen LogP contribution in [0.3, 0.4) is 0 Å². The molecule has 0 aliphatic carbocycles. The van der Waals surface area contributed by atoms with Gasteiger partial charge in [-0.25, -0.2) is 0 Å². The number of rotatable bonds is 22. The van der Waals surface area contributed by atoms with Crippen LogP contribution in [0.5, 0.6) is 0 Å². The zero-order valence-electron chi connectivity index (χ0n) is 21.4. The normalized spacial score (nSPS) is 15.8. The average Bonchev–Trinajstić information content (AvgIpc) is 2.80. The molecule has 0 fully saturated rings. The summed E-state index contributed by atoms with van der Waals surface area (Å²) in [5.41, 5.74) is 0. The van der Waals surface area contributed by atoms with Crippen LogP contribution in [0.15, 0.2) is 0 Å². The van der Waals surface area contributed by atoms with Gasteiger partial charge in [-0.15, -0.1) is 0 Å². The number of aliphatic hydroxyl groups excluding tert-OH is 5. The minimum absolute atomic E-state index is 0.349. The summed E-state index contributed by atoms with van der Waals surface area (Å²) >= 11 is 0. The number of amides is 1. The van der Waals surface area contributed by atoms with Gasteiger partial charge < -0.3 is 35.3 Å². The van der Waals surface area contributed by atoms with E-state index in [4.69, 9.17) is 5.11 Å². The molecule has 198 valence electrons. The lowest BCUT2D eigenvalue weighted by Crippen LogP contribution is -2.52. The highest BCUT2D eigenvalue weighted by atomic mass is 16.4. The molecular formula is C25H53N2O6+. The molecule has 0 bridgehead atoms. The summed E-state index contributed by atoms with van der Waals surface area (Å²) < 4.78 is 0.861. The van der Waals surface area contributed by atoms with Gasteiger partial charge in [-0.3, -0.25) is 4.79 Å². The molecule has 0 aromatic heterocycles. The van der Waals surface area contributed by atoms with Crippen LogP contribution in [-0.2, 0) is 4.79 Å². The third-order valence-corrected chi connectivity index (χ3v) is 6.38. The van der Waals surface area contributed by atoms with Crippen LogP contribution in [0, 0.1) is 0 Å². The second kappa shape index (κ2) is 19.5. The van der Waals surface area contributed by atoms with E-state index >= 15 is 0 Å². The Hall–Kier alpha value is -0.770. The largest absolute Gasteiger partial charge is 0.394 e. The maximum atomic E-state index is 11.9. The van der Waals surface area contributed by atoms with Gasteiger partial charge in [0.1, 0.15) is 18.3 Å². The molecule has 4 atom stereocenters. The van der Waals surface area contributed by atoms with Crippen molar-refractivity contribution in [1.82, 2.24) is 5.32 Å². The van der Waals surface area contributed by atoms with Gasteiger partial charge in [-0.2, -0.15) is 0 Å². The Morgan fingerprint density at radius 2 is 1.18 bits per heavy atom. The number of quaternary nitrogens is 1. The van der Waals surface area contributed by atoms with Gasteiger partial charge in [-0.05, 0) is 12.8 Å². The first-order valence-corrected chi connectivity index (χ1v) is 13.1. The molecule has 0 aromatic rings. The van der Waals surface area contributed by atoms with Crippen molar-refractivity contribution >= 4 is 5.91 Å². The Morgan fingerprint density at radius 3 is 1.67 bits per heavy atom. The SMILES string of the molecule is CCCCCCCCCCCCCC[N+](C)(C)CCCNC(=O)[C@H](O)[C@@H](O)[C@H](O)[C@H](O)CO. The Kier molecular flexibility index (Phi) is 19.1. The fourth-order valence-corrected chi connectivity index (χ4v) is 3.99. The van der Waals surface area contributed by atoms with E-state index in [-0.39, 0.29) is 0 Å². The minimum Gasteiger partial charge on any atom is -0.394 e. The lowest BCUT2D eigenvalue weighted by atomic mass is 10.0. The Morgan fingerprint density at radius 1 is 0.727 bits per heavy atom. The quantitative estimate of drug-likeness (QED) is 0.104. The molecule has 8 nitrogen and oxygen atoms in total. The van der Waals surface area contributed by atoms with Crippen LogP contribution in [0.4, 0.5) is 0 Å². The van der Waals surface area contributed by atoms with Crippen molar-refractivity contribution in [3.05, 3.63) is 0 Å². The zero-order valence-corrected chi connectivity index (χ0v) is 21.4. The second-order valence-electron chi connectivity index (χ2n) is 10.1. The van der Waals surface area contributed by atoms with Crippen LogP contribution in [-0.4, -0.2) is 101 Å². The van der Waals surface area contributed by atoms with Gasteiger partial charge in [0.2, 0.25) is 0 Å². The molecule has 0 spiro atoms. The maximum absolute atomic E-state index is 11.9. The van der Waals surface area contributed by atoms with Crippen LogP contribution in [0.2, 0.25) is 0 Å². The standard InChI is InChI=1S/C25H52N2O6/c1-4-5-6-7-8-9-10-11-12-13-14-15-18-27(2,3)19-16-17-26-25(33)24(32)23(31)22(30)21(29)20-28/h21-24,28-32H,4-20H2,1-3H3/p+1/t21-,22-,23+,24-/m1/s1. The van der Waals surface area contributed by atoms with Crippen molar-refractivity contribution in [3.8, 4) is 0 Å². The number of carbonyl (C=O) groups is 1. The van der Waals surface area contributed by atoms with E-state index in [0.717, 1.165) is 24.0 Å². The van der Waals surface area contributed by atoms with Gasteiger partial charge in [-0.1, -0.05) is 71.1 Å². The first-order valence-electron chi connectivity index (χ1n) is 13.1. The second-order valence-corrected chi connectivity index (χ2v) is 10.1. The molecule has 1 amide bonds. The van der Waals surface area contributed by atoms with Gasteiger partial charge in [0.05, 0.1) is 33.8 Å². The molecule has 0 saturated heterocycles. The van der Waals surface area contributed by atoms with Crippen LogP contribution >= 0.6 is 0 Å². The highest BCUT2D eigenvalue weighted by Crippen LogP contribution is 2.13. The van der Waals surface area contributed by atoms with E-state index in [2.05, 4.69) is 26.3 Å². The van der Waals surface area contributed by atoms with Gasteiger partial charge in [0, 0.05) is 13.0 Å². The summed E-state index contributed by atoms with van der Waals surface area (Å²) in [6.45, 7) is 3.78. The average molecular weight is 478 g/mol. The third kappa shape index (κ3) is 16.5. The summed E-state index contributed by atoms with van der Waals surface area (Å²) in [5, 5.41) is 49.8. The van der Waals surface area contributed by atoms with Crippen molar-refractivity contribution in [2.24, 2.45) is 0 Å². The van der Waals surface area contributed by atoms with Crippen molar-refractivity contribution in [1.29, 1.82) is 0 Å². The van der Waals surface area contributed by atoms with E-state index in [1.807, 2.05) is 0 Å². The van der Waals surface area contributed by atoms with Gasteiger partial charge >= 0.3 is 0 Å². The molecule has 0 aliphatic rings. The molecule has 0 aromatic carbocycles. The number of nitrogens with one attached hydrogen (secondary N) is 1. The maximum Gasteiger partial charge on any atom is 0.251 e. The monoisotopic (exact) mass is 477 g/mol. The predicted octanol–water partition coefficient (Wildman–Crippen LogP) is 1.71. The molecule has 8 heteroatoms. The third-order valence-electron chi connectivity index (χ3n) is 6.38. The summed E-state index contributed by atoms with van der Waals surface area (Å²) in [6, 6.07) is 0. The molecule has 0 radical (unpaired) electrons. The minimum atomic E-state index is -1.87. The first kappa shape index (κ1) is 32.2. The first-order chi connectivity index (χ1) is 15.7. The lowest BCUT2D eigenvalue weighted by molar-refractivity contribution is -0.890. The molecule has 0 aliphatic heterocycles. The Bertz CT molecular complexity index is 478. The van der Waals surface area contributed by atoms with Crippen LogP contribution < -0.4 is 5.32 Å². The molecule has 6 N–H and O–H groups in total. The Labute approximate surface area is 201 Å². The van der Waals surface area contributed by atoms with Crippen LogP contribution in [0.1, 0.15) is 90.4 Å². The van der Waals surface area contributed by atoms with E-state index in [0.29, 0.717) is 6.54 Å². The van der Waals surface area contributed by atoms with Crippen molar-refractivity contribution in [3.63, 3.8) is 0 Å². The highest BCUT2D eigenvalue weighted by molar-refractivity contribution is 5.81. The lowest BCUT2D eigenvalue weighted by Gasteiger charge is -2.30. The molecule has 0 saturated carbocycles. The number of unbranched alkanes of at least 4 members (excludes halogenated alkanes) is 11. The van der Waals surface area contributed by atoms with Crippen molar-refractivity contribution in [2.75, 3.05) is 40.3 Å². The summed E-state index contributed by atoms with van der Waals surface area (Å²) in [6.07, 6.45) is 9.57. The number of hydrogen-bond acceptors (Lipinski definition) is 6. The number of nitrogens with zero attached hydrogens (tertiary/aromatic N) is 1. The van der Waals surface area contributed by atoms with Gasteiger partial charge in [0.25, 0.3) is 5.91 Å². The Balaban J connectivity index is 3.79. The number of aliphatic hydroxyl groups is 5. The number of hydrogen-bond donors (Lipinski definition) is 6. The van der Waals surface area contributed by atoms with E-state index in [1.54, 1.807) is 0 Å². The molecular weight excluding hydrogens is 424 g/mol. The van der Waals surface area contributed by atoms with Crippen LogP contribution in [0.25, 0.3) is 0 Å². The topological polar surface area (TPSA) is 130 Å². The predicted molar refractivity (Wildman–Crippen MR) is 132 cm³/mol. The highest BCUT2D eigenvalue weighted by Gasteiger charge is 2.34. The summed E-state index contributed by atoms with van der Waals surface area (Å²) in [5.74, 6) is -0.807. The van der Waals surface area contributed by atoms with Crippen molar-refractivity contribution < 1.29 is 34.8 Å². The number of carbonyl (C=O) groups excluding carboxylic acids is 1. The van der Waals surface area contributed by atoms with E-state index < -0.39 is 36.9 Å². The van der Waals surface area contributed by atoms with Crippen molar-refractivity contribution in [2.45, 2.75) is 115 Å². The zero-order chi connectivity index (χ0) is 25.1. The molecule has 0 unspecified atom stereocenters. The van der Waals surface area contributed by atoms with Gasteiger partial charge in [0.15, 0.2) is 6.10 Å². The van der Waals surface area contributed by atoms with E-state index in [9.17, 15) is 25.2 Å². The smallest absolute Gasteiger partial charge is 0.251 e. The fraction of sp³-hybridized carbons (Fsp3) is 0.960. The fourth-order valence-electron chi connectivity index (χ4n) is 3.99. The molecule has 33 heavy (non-hydrogen) atoms. The summed E-state index contributed by atoms with van der Waals surface area (Å²) in [7, 11) is 4.34. The summed E-state index contributed by atoms with van der Waals surface area (Å²) in [4.78, 5) is 11.9. The molecule has 0 rings (SSSR count). The van der Waals surface area contributed by atoms with E-state index in [1.165, 1.54) is 77.0 Å².